The number of halogens is 1. The molecule has 2 heterocycles. The molecule has 0 atom stereocenters. The summed E-state index contributed by atoms with van der Waals surface area (Å²) in [5.41, 5.74) is 2.27. The summed E-state index contributed by atoms with van der Waals surface area (Å²) in [7, 11) is 1.60. The van der Waals surface area contributed by atoms with E-state index < -0.39 is 0 Å². The van der Waals surface area contributed by atoms with Crippen LogP contribution in [0.25, 0.3) is 11.0 Å². The lowest BCUT2D eigenvalue weighted by Gasteiger charge is -2.31. The van der Waals surface area contributed by atoms with Crippen molar-refractivity contribution in [3.8, 4) is 11.5 Å². The van der Waals surface area contributed by atoms with E-state index in [1.807, 2.05) is 12.1 Å². The van der Waals surface area contributed by atoms with Crippen molar-refractivity contribution in [2.75, 3.05) is 33.4 Å². The number of benzene rings is 2. The largest absolute Gasteiger partial charge is 0.493 e. The molecule has 30 heavy (non-hydrogen) atoms. The van der Waals surface area contributed by atoms with Crippen LogP contribution in [0.1, 0.15) is 36.4 Å². The number of rotatable bonds is 8. The van der Waals surface area contributed by atoms with Crippen molar-refractivity contribution in [1.29, 1.82) is 0 Å². The number of piperidine rings is 1. The standard InChI is InChI=1S/C23H27FN2O4/c1-28-22-13-16(15-27)3-6-20(22)29-12-2-9-26-10-7-17(8-11-26)23-19-5-4-18(24)14-21(19)30-25-23/h3-6,13-14,17,27H,2,7-12,15H2,1H3. The van der Waals surface area contributed by atoms with Gasteiger partial charge < -0.3 is 24.0 Å². The minimum atomic E-state index is -0.302. The van der Waals surface area contributed by atoms with Crippen LogP contribution in [0.5, 0.6) is 11.5 Å². The summed E-state index contributed by atoms with van der Waals surface area (Å²) >= 11 is 0. The first kappa shape index (κ1) is 20.6. The Balaban J connectivity index is 1.24. The Morgan fingerprint density at radius 2 is 2.00 bits per heavy atom. The summed E-state index contributed by atoms with van der Waals surface area (Å²) in [6.07, 6.45) is 2.94. The van der Waals surface area contributed by atoms with Crippen LogP contribution in [0.15, 0.2) is 40.9 Å². The maximum atomic E-state index is 13.4. The third-order valence-electron chi connectivity index (χ3n) is 5.72. The van der Waals surface area contributed by atoms with Gasteiger partial charge in [-0.05, 0) is 62.2 Å². The summed E-state index contributed by atoms with van der Waals surface area (Å²) in [6, 6.07) is 10.1. The molecule has 0 amide bonds. The van der Waals surface area contributed by atoms with Gasteiger partial charge >= 0.3 is 0 Å². The molecule has 4 rings (SSSR count). The average molecular weight is 414 g/mol. The van der Waals surface area contributed by atoms with E-state index in [4.69, 9.17) is 14.0 Å². The number of aliphatic hydroxyl groups is 1. The molecule has 1 aromatic heterocycles. The summed E-state index contributed by atoms with van der Waals surface area (Å²) in [5.74, 6) is 1.38. The van der Waals surface area contributed by atoms with Crippen LogP contribution >= 0.6 is 0 Å². The number of hydrogen-bond donors (Lipinski definition) is 1. The van der Waals surface area contributed by atoms with Crippen molar-refractivity contribution in [2.45, 2.75) is 31.8 Å². The smallest absolute Gasteiger partial charge is 0.170 e. The molecule has 0 bridgehead atoms. The molecule has 0 radical (unpaired) electrons. The molecule has 1 aliphatic heterocycles. The highest BCUT2D eigenvalue weighted by Crippen LogP contribution is 2.33. The fourth-order valence-corrected chi connectivity index (χ4v) is 4.06. The molecule has 0 saturated carbocycles. The number of likely N-dealkylation sites (tertiary alicyclic amines) is 1. The molecule has 1 fully saturated rings. The lowest BCUT2D eigenvalue weighted by atomic mass is 9.91. The highest BCUT2D eigenvalue weighted by atomic mass is 19.1. The SMILES string of the molecule is COc1cc(CO)ccc1OCCCN1CCC(c2noc3cc(F)ccc23)CC1. The van der Waals surface area contributed by atoms with Crippen LogP contribution in [0.2, 0.25) is 0 Å². The summed E-state index contributed by atoms with van der Waals surface area (Å²) in [4.78, 5) is 2.44. The molecule has 1 N–H and O–H groups in total. The molecule has 0 unspecified atom stereocenters. The van der Waals surface area contributed by atoms with Gasteiger partial charge in [0, 0.05) is 23.9 Å². The second-order valence-electron chi connectivity index (χ2n) is 7.67. The molecule has 7 heteroatoms. The Kier molecular flexibility index (Phi) is 6.50. The Morgan fingerprint density at radius 1 is 1.17 bits per heavy atom. The lowest BCUT2D eigenvalue weighted by molar-refractivity contribution is 0.189. The van der Waals surface area contributed by atoms with Crippen molar-refractivity contribution in [3.05, 3.63) is 53.5 Å². The van der Waals surface area contributed by atoms with Crippen LogP contribution in [-0.4, -0.2) is 48.5 Å². The second kappa shape index (κ2) is 9.45. The highest BCUT2D eigenvalue weighted by molar-refractivity contribution is 5.79. The van der Waals surface area contributed by atoms with E-state index in [-0.39, 0.29) is 12.4 Å². The molecule has 2 aromatic carbocycles. The molecule has 0 spiro atoms. The number of fused-ring (bicyclic) bond motifs is 1. The normalized spacial score (nSPS) is 15.6. The Hall–Kier alpha value is -2.64. The van der Waals surface area contributed by atoms with Crippen molar-refractivity contribution in [1.82, 2.24) is 10.1 Å². The predicted octanol–water partition coefficient (Wildman–Crippen LogP) is 4.12. The third kappa shape index (κ3) is 4.57. The number of aromatic nitrogens is 1. The van der Waals surface area contributed by atoms with Crippen LogP contribution < -0.4 is 9.47 Å². The molecular formula is C23H27FN2O4. The van der Waals surface area contributed by atoms with E-state index in [0.29, 0.717) is 29.6 Å². The average Bonchev–Trinajstić information content (AvgIpc) is 3.20. The molecule has 160 valence electrons. The fourth-order valence-electron chi connectivity index (χ4n) is 4.06. The van der Waals surface area contributed by atoms with Gasteiger partial charge in [-0.2, -0.15) is 0 Å². The zero-order valence-corrected chi connectivity index (χ0v) is 17.1. The summed E-state index contributed by atoms with van der Waals surface area (Å²) in [5, 5.41) is 14.4. The number of aliphatic hydroxyl groups excluding tert-OH is 1. The van der Waals surface area contributed by atoms with E-state index in [9.17, 15) is 9.50 Å². The fraction of sp³-hybridized carbons (Fsp3) is 0.435. The predicted molar refractivity (Wildman–Crippen MR) is 111 cm³/mol. The van der Waals surface area contributed by atoms with Crippen molar-refractivity contribution in [3.63, 3.8) is 0 Å². The minimum absolute atomic E-state index is 0.0202. The van der Waals surface area contributed by atoms with E-state index in [2.05, 4.69) is 10.1 Å². The first-order chi connectivity index (χ1) is 14.7. The van der Waals surface area contributed by atoms with Crippen molar-refractivity contribution < 1.29 is 23.5 Å². The van der Waals surface area contributed by atoms with Gasteiger partial charge in [0.1, 0.15) is 5.82 Å². The van der Waals surface area contributed by atoms with Gasteiger partial charge in [0.15, 0.2) is 17.1 Å². The highest BCUT2D eigenvalue weighted by Gasteiger charge is 2.25. The molecule has 3 aromatic rings. The van der Waals surface area contributed by atoms with Gasteiger partial charge in [0.2, 0.25) is 0 Å². The first-order valence-electron chi connectivity index (χ1n) is 10.4. The monoisotopic (exact) mass is 414 g/mol. The van der Waals surface area contributed by atoms with Crippen molar-refractivity contribution >= 4 is 11.0 Å². The number of nitrogens with zero attached hydrogens (tertiary/aromatic N) is 2. The quantitative estimate of drug-likeness (QED) is 0.560. The Morgan fingerprint density at radius 3 is 2.77 bits per heavy atom. The molecule has 6 nitrogen and oxygen atoms in total. The maximum absolute atomic E-state index is 13.4. The third-order valence-corrected chi connectivity index (χ3v) is 5.72. The van der Waals surface area contributed by atoms with E-state index >= 15 is 0 Å². The van der Waals surface area contributed by atoms with Gasteiger partial charge in [-0.25, -0.2) is 4.39 Å². The number of methoxy groups -OCH3 is 1. The van der Waals surface area contributed by atoms with Gasteiger partial charge in [-0.15, -0.1) is 0 Å². The zero-order valence-electron chi connectivity index (χ0n) is 17.1. The van der Waals surface area contributed by atoms with E-state index in [0.717, 1.165) is 55.5 Å². The van der Waals surface area contributed by atoms with Gasteiger partial charge in [0.05, 0.1) is 26.0 Å². The summed E-state index contributed by atoms with van der Waals surface area (Å²) in [6.45, 7) is 3.54. The number of hydrogen-bond acceptors (Lipinski definition) is 6. The topological polar surface area (TPSA) is 68.0 Å². The second-order valence-corrected chi connectivity index (χ2v) is 7.67. The number of ether oxygens (including phenoxy) is 2. The van der Waals surface area contributed by atoms with Gasteiger partial charge in [-0.3, -0.25) is 0 Å². The minimum Gasteiger partial charge on any atom is -0.493 e. The summed E-state index contributed by atoms with van der Waals surface area (Å²) < 4.78 is 29.9. The Bertz CT molecular complexity index is 982. The van der Waals surface area contributed by atoms with E-state index in [1.54, 1.807) is 19.2 Å². The molecular weight excluding hydrogens is 387 g/mol. The molecule has 0 aliphatic carbocycles. The van der Waals surface area contributed by atoms with Crippen molar-refractivity contribution in [2.24, 2.45) is 0 Å². The van der Waals surface area contributed by atoms with Crippen LogP contribution in [0, 0.1) is 5.82 Å². The van der Waals surface area contributed by atoms with Gasteiger partial charge in [-0.1, -0.05) is 11.2 Å². The molecule has 1 saturated heterocycles. The van der Waals surface area contributed by atoms with Crippen LogP contribution in [-0.2, 0) is 6.61 Å². The van der Waals surface area contributed by atoms with Crippen LogP contribution in [0.3, 0.4) is 0 Å². The maximum Gasteiger partial charge on any atom is 0.170 e. The lowest BCUT2D eigenvalue weighted by Crippen LogP contribution is -2.34. The first-order valence-corrected chi connectivity index (χ1v) is 10.4. The van der Waals surface area contributed by atoms with E-state index in [1.165, 1.54) is 12.1 Å². The van der Waals surface area contributed by atoms with Crippen LogP contribution in [0.4, 0.5) is 4.39 Å². The molecule has 1 aliphatic rings. The zero-order chi connectivity index (χ0) is 20.9. The Labute approximate surface area is 175 Å². The van der Waals surface area contributed by atoms with Gasteiger partial charge in [0.25, 0.3) is 0 Å².